The summed E-state index contributed by atoms with van der Waals surface area (Å²) in [6.07, 6.45) is 5.53. The van der Waals surface area contributed by atoms with Crippen molar-refractivity contribution >= 4 is 11.9 Å². The van der Waals surface area contributed by atoms with Crippen LogP contribution >= 0.6 is 0 Å². The normalized spacial score (nSPS) is 25.3. The second-order valence-electron chi connectivity index (χ2n) is 6.56. The first-order valence-corrected chi connectivity index (χ1v) is 9.16. The van der Waals surface area contributed by atoms with E-state index < -0.39 is 29.4 Å². The Kier molecular flexibility index (Phi) is 9.29. The molecular formula is C18H32O6. The zero-order valence-electron chi connectivity index (χ0n) is 15.0. The lowest BCUT2D eigenvalue weighted by molar-refractivity contribution is -0.187. The van der Waals surface area contributed by atoms with Crippen LogP contribution in [0.1, 0.15) is 65.2 Å². The lowest BCUT2D eigenvalue weighted by atomic mass is 9.63. The molecule has 0 radical (unpaired) electrons. The van der Waals surface area contributed by atoms with Crippen molar-refractivity contribution in [3.8, 4) is 0 Å². The highest BCUT2D eigenvalue weighted by molar-refractivity contribution is 5.84. The highest BCUT2D eigenvalue weighted by Gasteiger charge is 2.56. The van der Waals surface area contributed by atoms with Crippen LogP contribution in [0.2, 0.25) is 0 Å². The van der Waals surface area contributed by atoms with Crippen molar-refractivity contribution in [3.05, 3.63) is 0 Å². The number of carboxylic acids is 2. The number of hydrogen-bond acceptors (Lipinski definition) is 4. The molecule has 1 aliphatic carbocycles. The summed E-state index contributed by atoms with van der Waals surface area (Å²) in [7, 11) is 0. The van der Waals surface area contributed by atoms with Crippen molar-refractivity contribution in [1.29, 1.82) is 0 Å². The van der Waals surface area contributed by atoms with Gasteiger partial charge in [-0.25, -0.2) is 0 Å². The first kappa shape index (κ1) is 20.9. The highest BCUT2D eigenvalue weighted by atomic mass is 16.5. The number of carbonyl (C=O) groups is 2. The fourth-order valence-electron chi connectivity index (χ4n) is 3.65. The highest BCUT2D eigenvalue weighted by Crippen LogP contribution is 2.46. The third-order valence-electron chi connectivity index (χ3n) is 5.02. The topological polar surface area (TPSA) is 93.1 Å². The number of rotatable bonds is 12. The van der Waals surface area contributed by atoms with E-state index in [0.717, 1.165) is 32.1 Å². The minimum Gasteiger partial charge on any atom is -0.481 e. The van der Waals surface area contributed by atoms with Crippen molar-refractivity contribution < 1.29 is 29.3 Å². The first-order valence-electron chi connectivity index (χ1n) is 9.16. The predicted molar refractivity (Wildman–Crippen MR) is 90.0 cm³/mol. The SMILES string of the molecule is CCCCCCOC(COCC)C1(C(=O)O)CCCCC1C(=O)O. The number of unbranched alkanes of at least 4 members (excludes halogenated alkanes) is 3. The van der Waals surface area contributed by atoms with Crippen LogP contribution in [0.5, 0.6) is 0 Å². The molecule has 0 saturated heterocycles. The number of aliphatic carboxylic acids is 2. The molecule has 0 bridgehead atoms. The molecular weight excluding hydrogens is 312 g/mol. The molecule has 2 N–H and O–H groups in total. The third kappa shape index (κ3) is 5.18. The Bertz CT molecular complexity index is 397. The van der Waals surface area contributed by atoms with Gasteiger partial charge < -0.3 is 19.7 Å². The number of ether oxygens (including phenoxy) is 2. The Morgan fingerprint density at radius 3 is 2.50 bits per heavy atom. The Labute approximate surface area is 144 Å². The zero-order valence-corrected chi connectivity index (χ0v) is 15.0. The Balaban J connectivity index is 2.93. The maximum absolute atomic E-state index is 12.1. The van der Waals surface area contributed by atoms with Crippen LogP contribution < -0.4 is 0 Å². The van der Waals surface area contributed by atoms with Gasteiger partial charge in [-0.2, -0.15) is 0 Å². The molecule has 0 spiro atoms. The molecule has 0 aromatic heterocycles. The second kappa shape index (κ2) is 10.7. The standard InChI is InChI=1S/C18H32O6/c1-3-5-6-9-12-24-15(13-23-4-2)18(17(21)22)11-8-7-10-14(18)16(19)20/h14-15H,3-13H2,1-2H3,(H,19,20)(H,21,22). The van der Waals surface area contributed by atoms with Crippen LogP contribution in [-0.2, 0) is 19.1 Å². The van der Waals surface area contributed by atoms with E-state index in [2.05, 4.69) is 6.92 Å². The van der Waals surface area contributed by atoms with Crippen LogP contribution in [-0.4, -0.2) is 48.1 Å². The van der Waals surface area contributed by atoms with E-state index in [9.17, 15) is 19.8 Å². The fraction of sp³-hybridized carbons (Fsp3) is 0.889. The predicted octanol–water partition coefficient (Wildman–Crippen LogP) is 3.33. The van der Waals surface area contributed by atoms with E-state index in [0.29, 0.717) is 32.5 Å². The maximum Gasteiger partial charge on any atom is 0.313 e. The molecule has 0 aliphatic heterocycles. The first-order chi connectivity index (χ1) is 11.5. The lowest BCUT2D eigenvalue weighted by Gasteiger charge is -2.43. The average Bonchev–Trinajstić information content (AvgIpc) is 2.57. The smallest absolute Gasteiger partial charge is 0.313 e. The van der Waals surface area contributed by atoms with Crippen LogP contribution in [0.25, 0.3) is 0 Å². The second-order valence-corrected chi connectivity index (χ2v) is 6.56. The quantitative estimate of drug-likeness (QED) is 0.528. The van der Waals surface area contributed by atoms with Crippen molar-refractivity contribution in [1.82, 2.24) is 0 Å². The largest absolute Gasteiger partial charge is 0.481 e. The maximum atomic E-state index is 12.1. The van der Waals surface area contributed by atoms with Gasteiger partial charge in [0.05, 0.1) is 18.6 Å². The summed E-state index contributed by atoms with van der Waals surface area (Å²) in [6.45, 7) is 4.97. The molecule has 1 aliphatic rings. The average molecular weight is 344 g/mol. The van der Waals surface area contributed by atoms with Gasteiger partial charge in [0.2, 0.25) is 0 Å². The molecule has 6 heteroatoms. The fourth-order valence-corrected chi connectivity index (χ4v) is 3.65. The molecule has 3 atom stereocenters. The molecule has 24 heavy (non-hydrogen) atoms. The Morgan fingerprint density at radius 2 is 1.92 bits per heavy atom. The third-order valence-corrected chi connectivity index (χ3v) is 5.02. The molecule has 1 saturated carbocycles. The summed E-state index contributed by atoms with van der Waals surface area (Å²) in [5.74, 6) is -3.05. The van der Waals surface area contributed by atoms with Gasteiger partial charge in [0.1, 0.15) is 5.41 Å². The van der Waals surface area contributed by atoms with E-state index in [4.69, 9.17) is 9.47 Å². The van der Waals surface area contributed by atoms with Gasteiger partial charge >= 0.3 is 11.9 Å². The lowest BCUT2D eigenvalue weighted by Crippen LogP contribution is -2.55. The van der Waals surface area contributed by atoms with E-state index in [-0.39, 0.29) is 6.61 Å². The zero-order chi connectivity index (χ0) is 18.0. The molecule has 1 rings (SSSR count). The van der Waals surface area contributed by atoms with Gasteiger partial charge in [0.15, 0.2) is 0 Å². The van der Waals surface area contributed by atoms with Crippen molar-refractivity contribution in [2.24, 2.45) is 11.3 Å². The summed E-state index contributed by atoms with van der Waals surface area (Å²) in [4.78, 5) is 23.8. The van der Waals surface area contributed by atoms with Crippen LogP contribution in [0, 0.1) is 11.3 Å². The van der Waals surface area contributed by atoms with Gasteiger partial charge in [0.25, 0.3) is 0 Å². The number of carboxylic acid groups (broad SMARTS) is 2. The van der Waals surface area contributed by atoms with Gasteiger partial charge in [0, 0.05) is 13.2 Å². The summed E-state index contributed by atoms with van der Waals surface area (Å²) in [6, 6.07) is 0. The van der Waals surface area contributed by atoms with Crippen LogP contribution in [0.3, 0.4) is 0 Å². The van der Waals surface area contributed by atoms with Gasteiger partial charge in [-0.1, -0.05) is 39.0 Å². The molecule has 140 valence electrons. The van der Waals surface area contributed by atoms with E-state index >= 15 is 0 Å². The summed E-state index contributed by atoms with van der Waals surface area (Å²) >= 11 is 0. The molecule has 0 aromatic rings. The molecule has 0 amide bonds. The van der Waals surface area contributed by atoms with Crippen LogP contribution in [0.4, 0.5) is 0 Å². The molecule has 0 aromatic carbocycles. The van der Waals surface area contributed by atoms with Crippen LogP contribution in [0.15, 0.2) is 0 Å². The Morgan fingerprint density at radius 1 is 1.17 bits per heavy atom. The van der Waals surface area contributed by atoms with Crippen molar-refractivity contribution in [2.75, 3.05) is 19.8 Å². The van der Waals surface area contributed by atoms with Crippen molar-refractivity contribution in [2.45, 2.75) is 71.3 Å². The van der Waals surface area contributed by atoms with E-state index in [1.165, 1.54) is 0 Å². The van der Waals surface area contributed by atoms with Crippen molar-refractivity contribution in [3.63, 3.8) is 0 Å². The monoisotopic (exact) mass is 344 g/mol. The molecule has 0 heterocycles. The molecule has 1 fully saturated rings. The minimum absolute atomic E-state index is 0.125. The van der Waals surface area contributed by atoms with E-state index in [1.54, 1.807) is 0 Å². The molecule has 6 nitrogen and oxygen atoms in total. The minimum atomic E-state index is -1.40. The summed E-state index contributed by atoms with van der Waals surface area (Å²) in [5, 5.41) is 19.5. The van der Waals surface area contributed by atoms with Gasteiger partial charge in [-0.15, -0.1) is 0 Å². The van der Waals surface area contributed by atoms with Gasteiger partial charge in [-0.05, 0) is 26.2 Å². The van der Waals surface area contributed by atoms with Gasteiger partial charge in [-0.3, -0.25) is 9.59 Å². The molecule has 3 unspecified atom stereocenters. The summed E-state index contributed by atoms with van der Waals surface area (Å²) < 4.78 is 11.4. The van der Waals surface area contributed by atoms with E-state index in [1.807, 2.05) is 6.92 Å². The summed E-state index contributed by atoms with van der Waals surface area (Å²) in [5.41, 5.74) is -1.40. The Hall–Kier alpha value is -1.14. The number of hydrogen-bond donors (Lipinski definition) is 2.